The van der Waals surface area contributed by atoms with E-state index >= 15 is 0 Å². The average Bonchev–Trinajstić information content (AvgIpc) is 3.26. The second-order valence-electron chi connectivity index (χ2n) is 7.97. The van der Waals surface area contributed by atoms with Gasteiger partial charge in [0.15, 0.2) is 0 Å². The van der Waals surface area contributed by atoms with Crippen molar-refractivity contribution in [3.05, 3.63) is 59.0 Å². The van der Waals surface area contributed by atoms with Crippen molar-refractivity contribution in [1.29, 1.82) is 0 Å². The van der Waals surface area contributed by atoms with Gasteiger partial charge in [0.05, 0.1) is 6.61 Å². The predicted octanol–water partition coefficient (Wildman–Crippen LogP) is 3.78. The zero-order valence-electron chi connectivity index (χ0n) is 17.1. The molecule has 2 aliphatic heterocycles. The molecule has 1 N–H and O–H groups in total. The Morgan fingerprint density at radius 3 is 2.87 bits per heavy atom. The van der Waals surface area contributed by atoms with Gasteiger partial charge in [0.2, 0.25) is 0 Å². The van der Waals surface area contributed by atoms with E-state index in [1.54, 1.807) is 0 Å². The van der Waals surface area contributed by atoms with Gasteiger partial charge in [0, 0.05) is 60.6 Å². The van der Waals surface area contributed by atoms with Crippen LogP contribution in [0.3, 0.4) is 0 Å². The van der Waals surface area contributed by atoms with Crippen molar-refractivity contribution in [2.45, 2.75) is 12.8 Å². The molecule has 5 nitrogen and oxygen atoms in total. The maximum Gasteiger partial charge on any atom is 0.251 e. The molecule has 0 spiro atoms. The lowest BCUT2D eigenvalue weighted by molar-refractivity contribution is 0.0946. The third kappa shape index (κ3) is 4.02. The highest BCUT2D eigenvalue weighted by molar-refractivity contribution is 7.17. The average molecular weight is 422 g/mol. The smallest absolute Gasteiger partial charge is 0.251 e. The Labute approximate surface area is 181 Å². The molecule has 1 saturated heterocycles. The van der Waals surface area contributed by atoms with Crippen molar-refractivity contribution in [2.75, 3.05) is 50.8 Å². The minimum absolute atomic E-state index is 0.0252. The largest absolute Gasteiger partial charge is 0.494 e. The van der Waals surface area contributed by atoms with E-state index in [0.29, 0.717) is 13.2 Å². The van der Waals surface area contributed by atoms with Gasteiger partial charge in [0.25, 0.3) is 5.91 Å². The van der Waals surface area contributed by atoms with Gasteiger partial charge in [-0.05, 0) is 60.2 Å². The molecular weight excluding hydrogens is 394 g/mol. The Balaban J connectivity index is 1.08. The van der Waals surface area contributed by atoms with Gasteiger partial charge in [0.1, 0.15) is 5.75 Å². The first kappa shape index (κ1) is 19.4. The summed E-state index contributed by atoms with van der Waals surface area (Å²) in [6.45, 7) is 6.81. The van der Waals surface area contributed by atoms with Crippen LogP contribution in [0.15, 0.2) is 47.8 Å². The lowest BCUT2D eigenvalue weighted by atomic mass is 10.0. The summed E-state index contributed by atoms with van der Waals surface area (Å²) in [7, 11) is 0. The third-order valence-corrected chi connectivity index (χ3v) is 6.96. The number of ether oxygens (including phenoxy) is 1. The molecule has 6 heteroatoms. The number of hydrogen-bond donors (Lipinski definition) is 1. The number of nitrogens with zero attached hydrogens (tertiary/aromatic N) is 2. The SMILES string of the molecule is O=C1NCCc2cc(OCCCN3CCN(c4cccc5sccc45)CC3)ccc21. The van der Waals surface area contributed by atoms with E-state index < -0.39 is 0 Å². The summed E-state index contributed by atoms with van der Waals surface area (Å²) >= 11 is 1.81. The summed E-state index contributed by atoms with van der Waals surface area (Å²) in [6.07, 6.45) is 1.89. The first-order valence-corrected chi connectivity index (χ1v) is 11.6. The number of hydrogen-bond acceptors (Lipinski definition) is 5. The molecule has 2 aromatic carbocycles. The van der Waals surface area contributed by atoms with Crippen LogP contribution >= 0.6 is 11.3 Å². The number of amides is 1. The van der Waals surface area contributed by atoms with Gasteiger partial charge in [-0.25, -0.2) is 0 Å². The first-order valence-electron chi connectivity index (χ1n) is 10.8. The fourth-order valence-electron chi connectivity index (χ4n) is 4.44. The number of thiophene rings is 1. The monoisotopic (exact) mass is 421 g/mol. The molecule has 0 atom stereocenters. The number of nitrogens with one attached hydrogen (secondary N) is 1. The van der Waals surface area contributed by atoms with E-state index in [1.165, 1.54) is 15.8 Å². The van der Waals surface area contributed by atoms with E-state index in [9.17, 15) is 4.79 Å². The molecule has 0 radical (unpaired) electrons. The van der Waals surface area contributed by atoms with Gasteiger partial charge in [-0.1, -0.05) is 6.07 Å². The zero-order chi connectivity index (χ0) is 20.3. The molecule has 1 fully saturated rings. The second kappa shape index (κ2) is 8.66. The predicted molar refractivity (Wildman–Crippen MR) is 123 cm³/mol. The standard InChI is InChI=1S/C24H27N3O2S/c28-24-20-6-5-19(17-18(20)7-9-25-24)29-15-2-10-26-11-13-27(14-12-26)22-3-1-4-23-21(22)8-16-30-23/h1,3-6,8,16-17H,2,7,9-15H2,(H,25,28). The molecule has 0 bridgehead atoms. The topological polar surface area (TPSA) is 44.8 Å². The highest BCUT2D eigenvalue weighted by Crippen LogP contribution is 2.31. The second-order valence-corrected chi connectivity index (χ2v) is 8.91. The van der Waals surface area contributed by atoms with Crippen LogP contribution < -0.4 is 15.0 Å². The van der Waals surface area contributed by atoms with Crippen LogP contribution in [0.1, 0.15) is 22.3 Å². The highest BCUT2D eigenvalue weighted by atomic mass is 32.1. The van der Waals surface area contributed by atoms with Crippen LogP contribution in [0, 0.1) is 0 Å². The van der Waals surface area contributed by atoms with Crippen LogP contribution in [0.25, 0.3) is 10.1 Å². The van der Waals surface area contributed by atoms with Crippen molar-refractivity contribution in [2.24, 2.45) is 0 Å². The van der Waals surface area contributed by atoms with Crippen molar-refractivity contribution in [3.8, 4) is 5.75 Å². The molecule has 3 heterocycles. The van der Waals surface area contributed by atoms with Crippen molar-refractivity contribution in [3.63, 3.8) is 0 Å². The maximum atomic E-state index is 11.8. The molecule has 1 amide bonds. The summed E-state index contributed by atoms with van der Waals surface area (Å²) in [5.41, 5.74) is 3.25. The van der Waals surface area contributed by atoms with E-state index in [4.69, 9.17) is 4.74 Å². The minimum atomic E-state index is 0.0252. The molecule has 5 rings (SSSR count). The van der Waals surface area contributed by atoms with Crippen LogP contribution in [0.2, 0.25) is 0 Å². The quantitative estimate of drug-likeness (QED) is 0.616. The van der Waals surface area contributed by atoms with Gasteiger partial charge >= 0.3 is 0 Å². The number of carbonyl (C=O) groups excluding carboxylic acids is 1. The number of benzene rings is 2. The maximum absolute atomic E-state index is 11.8. The van der Waals surface area contributed by atoms with Crippen molar-refractivity contribution >= 4 is 33.0 Å². The van der Waals surface area contributed by atoms with Gasteiger partial charge in [-0.3, -0.25) is 9.69 Å². The van der Waals surface area contributed by atoms with Crippen LogP contribution in [0.4, 0.5) is 5.69 Å². The number of piperazine rings is 1. The first-order chi connectivity index (χ1) is 14.8. The zero-order valence-corrected chi connectivity index (χ0v) is 17.9. The molecule has 0 saturated carbocycles. The molecule has 1 aromatic heterocycles. The van der Waals surface area contributed by atoms with Gasteiger partial charge in [-0.2, -0.15) is 0 Å². The normalized spacial score (nSPS) is 17.1. The molecule has 0 unspecified atom stereocenters. The highest BCUT2D eigenvalue weighted by Gasteiger charge is 2.19. The Hall–Kier alpha value is -2.57. The van der Waals surface area contributed by atoms with Crippen molar-refractivity contribution in [1.82, 2.24) is 10.2 Å². The number of fused-ring (bicyclic) bond motifs is 2. The van der Waals surface area contributed by atoms with Crippen LogP contribution in [0.5, 0.6) is 5.75 Å². The molecule has 156 valence electrons. The lowest BCUT2D eigenvalue weighted by Crippen LogP contribution is -2.46. The number of anilines is 1. The summed E-state index contributed by atoms with van der Waals surface area (Å²) in [5.74, 6) is 0.898. The van der Waals surface area contributed by atoms with Gasteiger partial charge in [-0.15, -0.1) is 11.3 Å². The molecule has 2 aliphatic rings. The Bertz CT molecular complexity index is 1040. The third-order valence-electron chi connectivity index (χ3n) is 6.07. The Kier molecular flexibility index (Phi) is 5.60. The lowest BCUT2D eigenvalue weighted by Gasteiger charge is -2.36. The van der Waals surface area contributed by atoms with Crippen molar-refractivity contribution < 1.29 is 9.53 Å². The summed E-state index contributed by atoms with van der Waals surface area (Å²) < 4.78 is 7.33. The molecular formula is C24H27N3O2S. The van der Waals surface area contributed by atoms with Crippen LogP contribution in [-0.4, -0.2) is 56.7 Å². The van der Waals surface area contributed by atoms with Gasteiger partial charge < -0.3 is 15.0 Å². The van der Waals surface area contributed by atoms with Crippen LogP contribution in [-0.2, 0) is 6.42 Å². The minimum Gasteiger partial charge on any atom is -0.494 e. The van der Waals surface area contributed by atoms with E-state index in [1.807, 2.05) is 29.5 Å². The van der Waals surface area contributed by atoms with E-state index in [0.717, 1.165) is 62.4 Å². The molecule has 0 aliphatic carbocycles. The molecule has 30 heavy (non-hydrogen) atoms. The summed E-state index contributed by atoms with van der Waals surface area (Å²) in [6, 6.07) is 14.7. The summed E-state index contributed by atoms with van der Waals surface area (Å²) in [5, 5.41) is 6.44. The summed E-state index contributed by atoms with van der Waals surface area (Å²) in [4.78, 5) is 16.9. The fourth-order valence-corrected chi connectivity index (χ4v) is 5.25. The Morgan fingerprint density at radius 1 is 1.07 bits per heavy atom. The number of carbonyl (C=O) groups is 1. The van der Waals surface area contributed by atoms with E-state index in [2.05, 4.69) is 44.8 Å². The van der Waals surface area contributed by atoms with E-state index in [-0.39, 0.29) is 5.91 Å². The number of rotatable bonds is 6. The molecule has 3 aromatic rings. The Morgan fingerprint density at radius 2 is 1.97 bits per heavy atom. The fraction of sp³-hybridized carbons (Fsp3) is 0.375.